The van der Waals surface area contributed by atoms with Gasteiger partial charge in [0.1, 0.15) is 19.8 Å². The van der Waals surface area contributed by atoms with Crippen molar-refractivity contribution < 1.29 is 42.1 Å². The maximum absolute atomic E-state index is 12.7. The maximum Gasteiger partial charge on any atom is 0.306 e. The zero-order valence-electron chi connectivity index (χ0n) is 39.6. The van der Waals surface area contributed by atoms with Gasteiger partial charge in [0.2, 0.25) is 0 Å². The van der Waals surface area contributed by atoms with E-state index in [2.05, 4.69) is 86.8 Å². The highest BCUT2D eigenvalue weighted by Gasteiger charge is 2.21. The number of hydrogen-bond donors (Lipinski definition) is 0. The van der Waals surface area contributed by atoms with Gasteiger partial charge in [-0.15, -0.1) is 0 Å². The van der Waals surface area contributed by atoms with Crippen LogP contribution in [0.1, 0.15) is 187 Å². The van der Waals surface area contributed by atoms with Crippen molar-refractivity contribution in [1.29, 1.82) is 0 Å². The third-order valence-electron chi connectivity index (χ3n) is 9.99. The molecule has 0 fully saturated rings. The predicted octanol–water partition coefficient (Wildman–Crippen LogP) is 13.6. The van der Waals surface area contributed by atoms with E-state index in [9.17, 15) is 19.0 Å². The van der Waals surface area contributed by atoms with Crippen LogP contribution in [0.4, 0.5) is 0 Å². The number of likely N-dealkylation sites (N-methyl/N-ethyl adjacent to an activating group) is 1. The van der Waals surface area contributed by atoms with E-state index in [0.717, 1.165) is 83.5 Å². The summed E-state index contributed by atoms with van der Waals surface area (Å²) in [6.07, 6.45) is 53.8. The van der Waals surface area contributed by atoms with Crippen LogP contribution < -0.4 is 4.89 Å². The first-order chi connectivity index (χ1) is 29.5. The van der Waals surface area contributed by atoms with Crippen molar-refractivity contribution in [2.75, 3.05) is 47.5 Å². The summed E-state index contributed by atoms with van der Waals surface area (Å²) in [4.78, 5) is 37.4. The van der Waals surface area contributed by atoms with E-state index in [1.165, 1.54) is 70.6 Å². The topological polar surface area (TPSA) is 111 Å². The quantitative estimate of drug-likeness (QED) is 0.0196. The highest BCUT2D eigenvalue weighted by molar-refractivity contribution is 7.45. The van der Waals surface area contributed by atoms with E-state index in [-0.39, 0.29) is 26.1 Å². The minimum atomic E-state index is -4.62. The lowest BCUT2D eigenvalue weighted by Gasteiger charge is -2.28. The fourth-order valence-corrected chi connectivity index (χ4v) is 6.97. The van der Waals surface area contributed by atoms with Crippen LogP contribution in [0.5, 0.6) is 0 Å². The summed E-state index contributed by atoms with van der Waals surface area (Å²) in [5, 5.41) is 0. The van der Waals surface area contributed by atoms with Gasteiger partial charge in [-0.25, -0.2) is 0 Å². The lowest BCUT2D eigenvalue weighted by Crippen LogP contribution is -2.37. The van der Waals surface area contributed by atoms with Gasteiger partial charge in [-0.3, -0.25) is 14.2 Å². The van der Waals surface area contributed by atoms with Crippen LogP contribution in [0.15, 0.2) is 72.9 Å². The molecular formula is C51H90NO8P. The van der Waals surface area contributed by atoms with Crippen LogP contribution in [0.3, 0.4) is 0 Å². The van der Waals surface area contributed by atoms with Gasteiger partial charge in [0, 0.05) is 12.8 Å². The number of unbranched alkanes of at least 4 members (excludes halogenated alkanes) is 17. The minimum Gasteiger partial charge on any atom is -0.756 e. The first-order valence-electron chi connectivity index (χ1n) is 24.1. The second-order valence-corrected chi connectivity index (χ2v) is 18.5. The highest BCUT2D eigenvalue weighted by Crippen LogP contribution is 2.38. The summed E-state index contributed by atoms with van der Waals surface area (Å²) in [5.41, 5.74) is 0. The Bertz CT molecular complexity index is 1270. The second kappa shape index (κ2) is 42.7. The highest BCUT2D eigenvalue weighted by atomic mass is 31.2. The third kappa shape index (κ3) is 46.8. The molecule has 10 heteroatoms. The Balaban J connectivity index is 4.13. The van der Waals surface area contributed by atoms with E-state index in [1.54, 1.807) is 0 Å². The van der Waals surface area contributed by atoms with Crippen molar-refractivity contribution in [3.05, 3.63) is 72.9 Å². The number of allylic oxidation sites excluding steroid dienone is 12. The van der Waals surface area contributed by atoms with Gasteiger partial charge >= 0.3 is 11.9 Å². The molecule has 0 saturated carbocycles. The van der Waals surface area contributed by atoms with Crippen LogP contribution >= 0.6 is 7.82 Å². The van der Waals surface area contributed by atoms with Gasteiger partial charge in [-0.1, -0.05) is 183 Å². The molecule has 9 nitrogen and oxygen atoms in total. The molecule has 0 aliphatic heterocycles. The fourth-order valence-electron chi connectivity index (χ4n) is 6.25. The number of nitrogens with zero attached hydrogens (tertiary/aromatic N) is 1. The average molecular weight is 876 g/mol. The van der Waals surface area contributed by atoms with Gasteiger partial charge in [-0.05, 0) is 64.2 Å². The molecule has 0 aliphatic carbocycles. The van der Waals surface area contributed by atoms with E-state index in [1.807, 2.05) is 21.1 Å². The van der Waals surface area contributed by atoms with Crippen LogP contribution in [-0.2, 0) is 32.7 Å². The van der Waals surface area contributed by atoms with Gasteiger partial charge in [0.15, 0.2) is 6.10 Å². The summed E-state index contributed by atoms with van der Waals surface area (Å²) in [6.45, 7) is 4.06. The van der Waals surface area contributed by atoms with Crippen LogP contribution in [0.25, 0.3) is 0 Å². The molecule has 352 valence electrons. The van der Waals surface area contributed by atoms with Crippen molar-refractivity contribution in [2.24, 2.45) is 0 Å². The normalized spacial score (nSPS) is 14.1. The minimum absolute atomic E-state index is 0.0337. The molecule has 0 radical (unpaired) electrons. The Kier molecular flexibility index (Phi) is 40.9. The number of rotatable bonds is 43. The lowest BCUT2D eigenvalue weighted by atomic mass is 10.0. The zero-order valence-corrected chi connectivity index (χ0v) is 40.5. The Labute approximate surface area is 374 Å². The first kappa shape index (κ1) is 58.5. The Hall–Kier alpha value is -2.55. The number of carbonyl (C=O) groups is 2. The summed E-state index contributed by atoms with van der Waals surface area (Å²) in [6, 6.07) is 0. The summed E-state index contributed by atoms with van der Waals surface area (Å²) in [7, 11) is 1.16. The van der Waals surface area contributed by atoms with Crippen LogP contribution in [0, 0.1) is 0 Å². The number of carbonyl (C=O) groups excluding carboxylic acids is 2. The van der Waals surface area contributed by atoms with Crippen molar-refractivity contribution in [1.82, 2.24) is 0 Å². The van der Waals surface area contributed by atoms with E-state index >= 15 is 0 Å². The smallest absolute Gasteiger partial charge is 0.306 e. The predicted molar refractivity (Wildman–Crippen MR) is 254 cm³/mol. The van der Waals surface area contributed by atoms with Gasteiger partial charge < -0.3 is 27.9 Å². The molecule has 61 heavy (non-hydrogen) atoms. The SMILES string of the molecule is CC/C=C\C/C=C\C/C=C\C/C=C\C/C=C\C/C=C\CCCCCCCCCCCCC(=O)OC(COC(=O)CCCCCCCCCC)COP(=O)([O-])OCC[N+](C)(C)C. The Morgan fingerprint density at radius 3 is 1.39 bits per heavy atom. The fraction of sp³-hybridized carbons (Fsp3) is 0.725. The van der Waals surface area contributed by atoms with Crippen molar-refractivity contribution >= 4 is 19.8 Å². The zero-order chi connectivity index (χ0) is 45.0. The molecule has 0 saturated heterocycles. The van der Waals surface area contributed by atoms with Crippen LogP contribution in [-0.4, -0.2) is 70.0 Å². The van der Waals surface area contributed by atoms with Gasteiger partial charge in [-0.2, -0.15) is 0 Å². The summed E-state index contributed by atoms with van der Waals surface area (Å²) < 4.78 is 33.8. The number of ether oxygens (including phenoxy) is 2. The van der Waals surface area contributed by atoms with Gasteiger partial charge in [0.05, 0.1) is 27.7 Å². The molecule has 0 aliphatic rings. The number of hydrogen-bond acceptors (Lipinski definition) is 8. The number of esters is 2. The first-order valence-corrected chi connectivity index (χ1v) is 25.6. The molecule has 2 unspecified atom stereocenters. The van der Waals surface area contributed by atoms with E-state index in [4.69, 9.17) is 18.5 Å². The molecule has 2 atom stereocenters. The summed E-state index contributed by atoms with van der Waals surface area (Å²) >= 11 is 0. The lowest BCUT2D eigenvalue weighted by molar-refractivity contribution is -0.870. The monoisotopic (exact) mass is 876 g/mol. The molecular weight excluding hydrogens is 786 g/mol. The Morgan fingerprint density at radius 1 is 0.525 bits per heavy atom. The second-order valence-electron chi connectivity index (χ2n) is 17.1. The van der Waals surface area contributed by atoms with E-state index < -0.39 is 32.5 Å². The van der Waals surface area contributed by atoms with Crippen LogP contribution in [0.2, 0.25) is 0 Å². The number of phosphoric ester groups is 1. The molecule has 0 amide bonds. The standard InChI is InChI=1S/C51H90NO8P/c1-6-8-10-12-14-16-17-18-19-20-21-22-23-24-25-26-27-28-29-30-31-32-33-34-35-36-38-40-42-44-51(54)60-49(48-59-61(55,56)58-46-45-52(3,4)5)47-57-50(53)43-41-39-37-15-13-11-9-7-2/h8,10,14,16,18-19,21-22,24-25,27-28,49H,6-7,9,11-13,15,17,20,23,26,29-48H2,1-5H3/b10-8-,16-14-,19-18-,22-21-,25-24-,28-27-. The third-order valence-corrected chi connectivity index (χ3v) is 11.0. The molecule has 0 aromatic heterocycles. The summed E-state index contributed by atoms with van der Waals surface area (Å²) in [5.74, 6) is -0.846. The number of quaternary nitrogens is 1. The molecule has 0 heterocycles. The van der Waals surface area contributed by atoms with Crippen molar-refractivity contribution in [2.45, 2.75) is 193 Å². The molecule has 0 spiro atoms. The van der Waals surface area contributed by atoms with E-state index in [0.29, 0.717) is 17.4 Å². The molecule has 0 aromatic carbocycles. The average Bonchev–Trinajstić information content (AvgIpc) is 3.21. The number of phosphoric acid groups is 1. The molecule has 0 aromatic rings. The van der Waals surface area contributed by atoms with Gasteiger partial charge in [0.25, 0.3) is 7.82 Å². The Morgan fingerprint density at radius 2 is 0.934 bits per heavy atom. The largest absolute Gasteiger partial charge is 0.756 e. The van der Waals surface area contributed by atoms with Crippen molar-refractivity contribution in [3.63, 3.8) is 0 Å². The molecule has 0 rings (SSSR count). The maximum atomic E-state index is 12.7. The molecule has 0 bridgehead atoms. The van der Waals surface area contributed by atoms with Crippen molar-refractivity contribution in [3.8, 4) is 0 Å². The molecule has 0 N–H and O–H groups in total.